The molecule has 1 saturated heterocycles. The van der Waals surface area contributed by atoms with Crippen LogP contribution >= 0.6 is 0 Å². The zero-order chi connectivity index (χ0) is 21.9. The summed E-state index contributed by atoms with van der Waals surface area (Å²) in [6.45, 7) is 15.5. The van der Waals surface area contributed by atoms with E-state index in [1.165, 1.54) is 16.7 Å². The highest BCUT2D eigenvalue weighted by atomic mass is 16.5. The lowest BCUT2D eigenvalue weighted by Gasteiger charge is -2.49. The summed E-state index contributed by atoms with van der Waals surface area (Å²) in [4.78, 5) is 9.54. The van der Waals surface area contributed by atoms with Crippen molar-refractivity contribution in [2.75, 3.05) is 33.9 Å². The number of hydrogen-bond donors (Lipinski definition) is 0. The van der Waals surface area contributed by atoms with Gasteiger partial charge in [-0.15, -0.1) is 0 Å². The van der Waals surface area contributed by atoms with Crippen molar-refractivity contribution < 1.29 is 9.47 Å². The van der Waals surface area contributed by atoms with E-state index in [2.05, 4.69) is 73.7 Å². The molecule has 0 aliphatic carbocycles. The third-order valence-corrected chi connectivity index (χ3v) is 5.97. The smallest absolute Gasteiger partial charge is 0.216 e. The lowest BCUT2D eigenvalue weighted by molar-refractivity contribution is 0.00551. The number of benzene rings is 1. The van der Waals surface area contributed by atoms with Crippen LogP contribution in [0.3, 0.4) is 0 Å². The van der Waals surface area contributed by atoms with Gasteiger partial charge < -0.3 is 9.47 Å². The van der Waals surface area contributed by atoms with Crippen molar-refractivity contribution in [2.45, 2.75) is 58.7 Å². The maximum absolute atomic E-state index is 5.36. The van der Waals surface area contributed by atoms with Gasteiger partial charge in [0.15, 0.2) is 0 Å². The normalized spacial score (nSPS) is 18.6. The van der Waals surface area contributed by atoms with E-state index in [0.717, 1.165) is 26.2 Å². The average molecular weight is 412 g/mol. The molecule has 1 aromatic carbocycles. The van der Waals surface area contributed by atoms with E-state index in [-0.39, 0.29) is 5.54 Å². The van der Waals surface area contributed by atoms with Crippen LogP contribution in [0.2, 0.25) is 0 Å². The van der Waals surface area contributed by atoms with Gasteiger partial charge in [0.1, 0.15) is 0 Å². The molecule has 0 N–H and O–H groups in total. The second-order valence-electron chi connectivity index (χ2n) is 9.46. The molecule has 3 rings (SSSR count). The van der Waals surface area contributed by atoms with E-state index in [1.54, 1.807) is 14.2 Å². The monoisotopic (exact) mass is 411 g/mol. The third kappa shape index (κ3) is 5.13. The summed E-state index contributed by atoms with van der Waals surface area (Å²) in [6.07, 6.45) is 0. The van der Waals surface area contributed by atoms with Gasteiger partial charge in [0.05, 0.1) is 14.2 Å². The van der Waals surface area contributed by atoms with Gasteiger partial charge in [-0.05, 0) is 43.4 Å². The van der Waals surface area contributed by atoms with E-state index < -0.39 is 0 Å². The molecule has 0 spiro atoms. The number of nitrogens with zero attached hydrogens (tertiary/aromatic N) is 3. The molecule has 2 aromatic rings. The van der Waals surface area contributed by atoms with Crippen LogP contribution < -0.4 is 9.47 Å². The number of rotatable bonds is 6. The highest BCUT2D eigenvalue weighted by Crippen LogP contribution is 2.36. The Morgan fingerprint density at radius 1 is 1.03 bits per heavy atom. The first-order valence-corrected chi connectivity index (χ1v) is 10.9. The third-order valence-electron chi connectivity index (χ3n) is 5.97. The van der Waals surface area contributed by atoms with E-state index in [1.807, 2.05) is 12.1 Å². The number of methoxy groups -OCH3 is 2. The summed E-state index contributed by atoms with van der Waals surface area (Å²) in [5, 5.41) is 0. The van der Waals surface area contributed by atoms with Crippen LogP contribution in [-0.4, -0.2) is 54.2 Å². The van der Waals surface area contributed by atoms with Crippen LogP contribution in [0.1, 0.15) is 63.3 Å². The van der Waals surface area contributed by atoms with Crippen molar-refractivity contribution in [3.63, 3.8) is 0 Å². The Hall–Kier alpha value is -2.11. The molecule has 1 unspecified atom stereocenters. The zero-order valence-electron chi connectivity index (χ0n) is 19.6. The fraction of sp³-hybridized carbons (Fsp3) is 0.560. The molecule has 2 heterocycles. The first-order chi connectivity index (χ1) is 14.2. The molecule has 1 aromatic heterocycles. The van der Waals surface area contributed by atoms with Crippen LogP contribution in [0.15, 0.2) is 36.4 Å². The molecule has 164 valence electrons. The molecule has 0 amide bonds. The molecular weight excluding hydrogens is 374 g/mol. The minimum absolute atomic E-state index is 0.115. The van der Waals surface area contributed by atoms with Gasteiger partial charge in [-0.3, -0.25) is 9.80 Å². The summed E-state index contributed by atoms with van der Waals surface area (Å²) < 4.78 is 10.7. The second kappa shape index (κ2) is 9.36. The molecule has 0 bridgehead atoms. The molecule has 1 aliphatic heterocycles. The van der Waals surface area contributed by atoms with Gasteiger partial charge in [0, 0.05) is 49.9 Å². The molecular formula is C25H37N3O2. The Labute approximate surface area is 182 Å². The maximum atomic E-state index is 5.36. The van der Waals surface area contributed by atoms with E-state index in [9.17, 15) is 0 Å². The van der Waals surface area contributed by atoms with Crippen molar-refractivity contribution in [1.82, 2.24) is 14.8 Å². The summed E-state index contributed by atoms with van der Waals surface area (Å²) in [5.74, 6) is 1.70. The summed E-state index contributed by atoms with van der Waals surface area (Å²) in [7, 11) is 3.29. The van der Waals surface area contributed by atoms with Crippen molar-refractivity contribution in [3.05, 3.63) is 53.1 Å². The number of piperazine rings is 1. The number of hydrogen-bond acceptors (Lipinski definition) is 5. The SMILES string of the molecule is COc1cc(CN2CCN(C(C)(C)C)C(c3ccccc3C(C)C)C2)cc(OC)n1. The fourth-order valence-corrected chi connectivity index (χ4v) is 4.48. The van der Waals surface area contributed by atoms with E-state index in [4.69, 9.17) is 9.47 Å². The van der Waals surface area contributed by atoms with Crippen LogP contribution in [0.25, 0.3) is 0 Å². The Balaban J connectivity index is 1.89. The quantitative estimate of drug-likeness (QED) is 0.677. The summed E-state index contributed by atoms with van der Waals surface area (Å²) in [5.41, 5.74) is 4.19. The van der Waals surface area contributed by atoms with E-state index >= 15 is 0 Å². The molecule has 1 fully saturated rings. The first kappa shape index (κ1) is 22.6. The number of ether oxygens (including phenoxy) is 2. The van der Waals surface area contributed by atoms with Crippen LogP contribution in [0.5, 0.6) is 11.8 Å². The summed E-state index contributed by atoms with van der Waals surface area (Å²) >= 11 is 0. The minimum Gasteiger partial charge on any atom is -0.481 e. The molecule has 0 saturated carbocycles. The lowest BCUT2D eigenvalue weighted by Crippen LogP contribution is -2.55. The largest absolute Gasteiger partial charge is 0.481 e. The van der Waals surface area contributed by atoms with Gasteiger partial charge >= 0.3 is 0 Å². The van der Waals surface area contributed by atoms with Crippen molar-refractivity contribution in [1.29, 1.82) is 0 Å². The predicted molar refractivity (Wildman–Crippen MR) is 122 cm³/mol. The standard InChI is InChI=1S/C25H37N3O2/c1-18(2)20-10-8-9-11-21(20)22-17-27(12-13-28(22)25(3,4)5)16-19-14-23(29-6)26-24(15-19)30-7/h8-11,14-15,18,22H,12-13,16-17H2,1-7H3. The summed E-state index contributed by atoms with van der Waals surface area (Å²) in [6, 6.07) is 13.3. The fourth-order valence-electron chi connectivity index (χ4n) is 4.48. The number of pyridine rings is 1. The van der Waals surface area contributed by atoms with Crippen molar-refractivity contribution in [2.24, 2.45) is 0 Å². The lowest BCUT2D eigenvalue weighted by atomic mass is 9.88. The Morgan fingerprint density at radius 3 is 2.23 bits per heavy atom. The Kier molecular flexibility index (Phi) is 7.04. The Bertz CT molecular complexity index is 822. The number of aromatic nitrogens is 1. The molecule has 1 atom stereocenters. The molecule has 1 aliphatic rings. The Morgan fingerprint density at radius 2 is 1.67 bits per heavy atom. The highest BCUT2D eigenvalue weighted by Gasteiger charge is 2.36. The molecule has 30 heavy (non-hydrogen) atoms. The zero-order valence-corrected chi connectivity index (χ0v) is 19.6. The van der Waals surface area contributed by atoms with Crippen molar-refractivity contribution in [3.8, 4) is 11.8 Å². The van der Waals surface area contributed by atoms with E-state index in [0.29, 0.717) is 23.7 Å². The highest BCUT2D eigenvalue weighted by molar-refractivity contribution is 5.34. The molecule has 5 heteroatoms. The van der Waals surface area contributed by atoms with Crippen LogP contribution in [0, 0.1) is 0 Å². The van der Waals surface area contributed by atoms with Crippen LogP contribution in [0.4, 0.5) is 0 Å². The maximum Gasteiger partial charge on any atom is 0.216 e. The van der Waals surface area contributed by atoms with Crippen molar-refractivity contribution >= 4 is 0 Å². The molecule has 0 radical (unpaired) electrons. The predicted octanol–water partition coefficient (Wildman–Crippen LogP) is 4.88. The van der Waals surface area contributed by atoms with Gasteiger partial charge in [-0.2, -0.15) is 4.98 Å². The van der Waals surface area contributed by atoms with Crippen LogP contribution in [-0.2, 0) is 6.54 Å². The topological polar surface area (TPSA) is 37.8 Å². The van der Waals surface area contributed by atoms with Gasteiger partial charge in [0.2, 0.25) is 11.8 Å². The average Bonchev–Trinajstić information content (AvgIpc) is 2.72. The molecule has 5 nitrogen and oxygen atoms in total. The second-order valence-corrected chi connectivity index (χ2v) is 9.46. The van der Waals surface area contributed by atoms with Gasteiger partial charge in [0.25, 0.3) is 0 Å². The van der Waals surface area contributed by atoms with Gasteiger partial charge in [-0.1, -0.05) is 38.1 Å². The minimum atomic E-state index is 0.115. The first-order valence-electron chi connectivity index (χ1n) is 10.9. The van der Waals surface area contributed by atoms with Gasteiger partial charge in [-0.25, -0.2) is 0 Å².